The number of amides is 1. The molecule has 0 unspecified atom stereocenters. The van der Waals surface area contributed by atoms with Gasteiger partial charge in [-0.05, 0) is 38.5 Å². The third-order valence-electron chi connectivity index (χ3n) is 2.74. The van der Waals surface area contributed by atoms with Crippen molar-refractivity contribution in [3.8, 4) is 5.75 Å². The van der Waals surface area contributed by atoms with E-state index in [1.807, 2.05) is 45.0 Å². The maximum absolute atomic E-state index is 11.9. The Labute approximate surface area is 113 Å². The summed E-state index contributed by atoms with van der Waals surface area (Å²) in [4.78, 5) is 16.3. The Hall–Kier alpha value is -2.13. The van der Waals surface area contributed by atoms with Crippen LogP contribution in [0.1, 0.15) is 26.3 Å². The number of hydrogen-bond donors (Lipinski definition) is 0. The van der Waals surface area contributed by atoms with Crippen molar-refractivity contribution in [1.82, 2.24) is 4.90 Å². The van der Waals surface area contributed by atoms with Gasteiger partial charge in [0.2, 0.25) is 0 Å². The van der Waals surface area contributed by atoms with E-state index in [1.54, 1.807) is 12.0 Å². The van der Waals surface area contributed by atoms with Crippen molar-refractivity contribution in [2.45, 2.75) is 32.9 Å². The van der Waals surface area contributed by atoms with Crippen LogP contribution in [0.2, 0.25) is 0 Å². The molecule has 0 N–H and O–H groups in total. The van der Waals surface area contributed by atoms with E-state index >= 15 is 0 Å². The summed E-state index contributed by atoms with van der Waals surface area (Å²) in [6.07, 6.45) is 0.911. The molecule has 0 aliphatic carbocycles. The summed E-state index contributed by atoms with van der Waals surface area (Å²) in [5.41, 5.74) is 9.11. The van der Waals surface area contributed by atoms with Gasteiger partial charge >= 0.3 is 12.1 Å². The zero-order chi connectivity index (χ0) is 14.5. The molecule has 1 rings (SSSR count). The van der Waals surface area contributed by atoms with Crippen molar-refractivity contribution in [2.75, 3.05) is 7.11 Å². The highest BCUT2D eigenvalue weighted by molar-refractivity contribution is 6.23. The fraction of sp³-hybridized carbons (Fsp3) is 0.429. The van der Waals surface area contributed by atoms with Crippen molar-refractivity contribution in [3.63, 3.8) is 0 Å². The first kappa shape index (κ1) is 14.9. The van der Waals surface area contributed by atoms with Crippen molar-refractivity contribution >= 4 is 12.1 Å². The van der Waals surface area contributed by atoms with Crippen LogP contribution in [0.5, 0.6) is 5.75 Å². The molecule has 0 spiro atoms. The van der Waals surface area contributed by atoms with Gasteiger partial charge in [0.15, 0.2) is 0 Å². The summed E-state index contributed by atoms with van der Waals surface area (Å²) in [6.45, 7) is 6.23. The molecule has 0 bridgehead atoms. The SMILES string of the molecule is COc1ccc(CN(C(=O)C=[N+]=[N-])C(C)(C)C)cc1. The van der Waals surface area contributed by atoms with Crippen LogP contribution < -0.4 is 4.74 Å². The molecule has 0 heterocycles. The Bertz CT molecular complexity index is 482. The van der Waals surface area contributed by atoms with E-state index in [0.717, 1.165) is 17.5 Å². The maximum atomic E-state index is 11.9. The van der Waals surface area contributed by atoms with Gasteiger partial charge in [-0.15, -0.1) is 0 Å². The summed E-state index contributed by atoms with van der Waals surface area (Å²) < 4.78 is 5.09. The summed E-state index contributed by atoms with van der Waals surface area (Å²) in [5.74, 6) is 0.445. The van der Waals surface area contributed by atoms with Gasteiger partial charge in [-0.2, -0.15) is 4.79 Å². The van der Waals surface area contributed by atoms with Gasteiger partial charge < -0.3 is 15.2 Å². The lowest BCUT2D eigenvalue weighted by molar-refractivity contribution is -0.132. The number of ether oxygens (including phenoxy) is 1. The molecule has 0 saturated heterocycles. The third kappa shape index (κ3) is 4.23. The van der Waals surface area contributed by atoms with Gasteiger partial charge in [0.05, 0.1) is 7.11 Å². The predicted octanol–water partition coefficient (Wildman–Crippen LogP) is 2.12. The normalized spacial score (nSPS) is 10.5. The first-order valence-corrected chi connectivity index (χ1v) is 6.00. The Morgan fingerprint density at radius 2 is 1.95 bits per heavy atom. The summed E-state index contributed by atoms with van der Waals surface area (Å²) in [7, 11) is 1.61. The van der Waals surface area contributed by atoms with E-state index in [1.165, 1.54) is 0 Å². The lowest BCUT2D eigenvalue weighted by atomic mass is 10.0. The molecule has 1 aromatic carbocycles. The van der Waals surface area contributed by atoms with Crippen LogP contribution >= 0.6 is 0 Å². The minimum atomic E-state index is -0.363. The second-order valence-electron chi connectivity index (χ2n) is 5.19. The van der Waals surface area contributed by atoms with Crippen molar-refractivity contribution in [1.29, 1.82) is 0 Å². The number of benzene rings is 1. The van der Waals surface area contributed by atoms with Gasteiger partial charge in [0.1, 0.15) is 5.75 Å². The monoisotopic (exact) mass is 261 g/mol. The van der Waals surface area contributed by atoms with Crippen LogP contribution in [-0.2, 0) is 11.3 Å². The molecule has 102 valence electrons. The molecule has 0 aromatic heterocycles. The lowest BCUT2D eigenvalue weighted by Crippen LogP contribution is -2.45. The van der Waals surface area contributed by atoms with Gasteiger partial charge in [-0.3, -0.25) is 4.79 Å². The topological polar surface area (TPSA) is 65.9 Å². The molecule has 1 aromatic rings. The van der Waals surface area contributed by atoms with Gasteiger partial charge in [0.25, 0.3) is 0 Å². The molecular weight excluding hydrogens is 242 g/mol. The first-order valence-electron chi connectivity index (χ1n) is 6.00. The fourth-order valence-electron chi connectivity index (χ4n) is 1.68. The first-order chi connectivity index (χ1) is 8.88. The maximum Gasteiger partial charge on any atom is 0.344 e. The van der Waals surface area contributed by atoms with Crippen molar-refractivity contribution in [3.05, 3.63) is 35.4 Å². The molecular formula is C14H19N3O2. The Balaban J connectivity index is 2.94. The highest BCUT2D eigenvalue weighted by atomic mass is 16.5. The van der Waals surface area contributed by atoms with E-state index in [9.17, 15) is 4.79 Å². The van der Waals surface area contributed by atoms with Crippen LogP contribution in [0.3, 0.4) is 0 Å². The summed E-state index contributed by atoms with van der Waals surface area (Å²) >= 11 is 0. The Morgan fingerprint density at radius 1 is 1.37 bits per heavy atom. The molecule has 0 radical (unpaired) electrons. The molecule has 0 fully saturated rings. The van der Waals surface area contributed by atoms with Crippen molar-refractivity contribution in [2.24, 2.45) is 0 Å². The molecule has 5 heteroatoms. The minimum Gasteiger partial charge on any atom is -0.497 e. The smallest absolute Gasteiger partial charge is 0.344 e. The van der Waals surface area contributed by atoms with Crippen LogP contribution in [0.25, 0.3) is 5.53 Å². The van der Waals surface area contributed by atoms with E-state index < -0.39 is 0 Å². The average molecular weight is 261 g/mol. The van der Waals surface area contributed by atoms with E-state index in [4.69, 9.17) is 10.3 Å². The van der Waals surface area contributed by atoms with Crippen LogP contribution in [0, 0.1) is 0 Å². The van der Waals surface area contributed by atoms with Crippen molar-refractivity contribution < 1.29 is 14.3 Å². The highest BCUT2D eigenvalue weighted by Crippen LogP contribution is 2.19. The molecule has 0 aliphatic rings. The molecule has 0 saturated carbocycles. The number of carbonyl (C=O) groups is 1. The van der Waals surface area contributed by atoms with Crippen LogP contribution in [0.4, 0.5) is 0 Å². The predicted molar refractivity (Wildman–Crippen MR) is 73.0 cm³/mol. The fourth-order valence-corrected chi connectivity index (χ4v) is 1.68. The molecule has 1 amide bonds. The number of carbonyl (C=O) groups excluding carboxylic acids is 1. The zero-order valence-electron chi connectivity index (χ0n) is 11.8. The average Bonchev–Trinajstić information content (AvgIpc) is 2.35. The number of rotatable bonds is 4. The van der Waals surface area contributed by atoms with E-state index in [0.29, 0.717) is 6.54 Å². The molecule has 0 atom stereocenters. The number of nitrogens with zero attached hydrogens (tertiary/aromatic N) is 3. The van der Waals surface area contributed by atoms with Crippen LogP contribution in [-0.4, -0.2) is 34.5 Å². The quantitative estimate of drug-likeness (QED) is 0.473. The highest BCUT2D eigenvalue weighted by Gasteiger charge is 2.27. The molecule has 19 heavy (non-hydrogen) atoms. The van der Waals surface area contributed by atoms with E-state index in [-0.39, 0.29) is 11.4 Å². The molecule has 5 nitrogen and oxygen atoms in total. The van der Waals surface area contributed by atoms with E-state index in [2.05, 4.69) is 4.79 Å². The second-order valence-corrected chi connectivity index (χ2v) is 5.19. The van der Waals surface area contributed by atoms with Gasteiger partial charge in [-0.1, -0.05) is 12.1 Å². The number of methoxy groups -OCH3 is 1. The third-order valence-corrected chi connectivity index (χ3v) is 2.74. The van der Waals surface area contributed by atoms with Gasteiger partial charge in [-0.25, -0.2) is 0 Å². The van der Waals surface area contributed by atoms with Gasteiger partial charge in [0, 0.05) is 12.1 Å². The largest absolute Gasteiger partial charge is 0.497 e. The Morgan fingerprint density at radius 3 is 2.37 bits per heavy atom. The summed E-state index contributed by atoms with van der Waals surface area (Å²) in [6, 6.07) is 7.50. The van der Waals surface area contributed by atoms with Crippen LogP contribution in [0.15, 0.2) is 24.3 Å². The number of hydrogen-bond acceptors (Lipinski definition) is 2. The Kier molecular flexibility index (Phi) is 4.84. The second kappa shape index (κ2) is 6.16. The lowest BCUT2D eigenvalue weighted by Gasteiger charge is -2.33. The zero-order valence-corrected chi connectivity index (χ0v) is 11.8. The minimum absolute atomic E-state index is 0.328. The summed E-state index contributed by atoms with van der Waals surface area (Å²) in [5, 5.41) is 0. The standard InChI is InChI=1S/C14H19N3O2/c1-14(2,3)17(13(18)9-16-15)10-11-5-7-12(19-4)8-6-11/h5-9H,10H2,1-4H3. The molecule has 0 aliphatic heterocycles.